The molecule has 112 valence electrons. The molecule has 0 aliphatic heterocycles. The monoisotopic (exact) mass is 324 g/mol. The smallest absolute Gasteiger partial charge is 0.326 e. The number of carboxylic acid groups (broad SMARTS) is 1. The summed E-state index contributed by atoms with van der Waals surface area (Å²) < 4.78 is 0. The van der Waals surface area contributed by atoms with Gasteiger partial charge in [0, 0.05) is 5.38 Å². The lowest BCUT2D eigenvalue weighted by Crippen LogP contribution is -2.41. The van der Waals surface area contributed by atoms with Crippen molar-refractivity contribution in [3.8, 4) is 9.88 Å². The summed E-state index contributed by atoms with van der Waals surface area (Å²) in [7, 11) is 0. The molecule has 0 bridgehead atoms. The molecule has 2 rings (SSSR count). The van der Waals surface area contributed by atoms with Gasteiger partial charge in [-0.3, -0.25) is 4.79 Å². The predicted molar refractivity (Wildman–Crippen MR) is 83.8 cm³/mol. The molecule has 2 N–H and O–H groups in total. The van der Waals surface area contributed by atoms with E-state index in [1.54, 1.807) is 16.7 Å². The molecule has 0 saturated carbocycles. The second kappa shape index (κ2) is 6.82. The van der Waals surface area contributed by atoms with Gasteiger partial charge < -0.3 is 10.4 Å². The van der Waals surface area contributed by atoms with E-state index in [4.69, 9.17) is 5.11 Å². The lowest BCUT2D eigenvalue weighted by molar-refractivity contribution is -0.139. The number of nitrogens with one attached hydrogen (secondary N) is 1. The number of hydrogen-bond acceptors (Lipinski definition) is 5. The number of nitrogens with zero attached hydrogens (tertiary/aromatic N) is 1. The largest absolute Gasteiger partial charge is 0.480 e. The Balaban J connectivity index is 2.07. The molecule has 1 unspecified atom stereocenters. The molecule has 0 radical (unpaired) electrons. The van der Waals surface area contributed by atoms with Crippen molar-refractivity contribution in [2.24, 2.45) is 5.92 Å². The van der Waals surface area contributed by atoms with Crippen molar-refractivity contribution >= 4 is 34.6 Å². The summed E-state index contributed by atoms with van der Waals surface area (Å²) in [5, 5.41) is 16.0. The van der Waals surface area contributed by atoms with Crippen LogP contribution in [-0.4, -0.2) is 28.0 Å². The first kappa shape index (κ1) is 15.7. The number of thiazole rings is 1. The third-order valence-corrected chi connectivity index (χ3v) is 4.66. The van der Waals surface area contributed by atoms with Gasteiger partial charge in [-0.25, -0.2) is 9.78 Å². The van der Waals surface area contributed by atoms with Crippen LogP contribution in [0, 0.1) is 5.92 Å². The van der Waals surface area contributed by atoms with Gasteiger partial charge in [-0.2, -0.15) is 0 Å². The third-order valence-electron chi connectivity index (χ3n) is 2.78. The minimum absolute atomic E-state index is 0.184. The number of amides is 1. The molecule has 5 nitrogen and oxygen atoms in total. The highest BCUT2D eigenvalue weighted by Crippen LogP contribution is 2.27. The Hall–Kier alpha value is -1.73. The Labute approximate surface area is 130 Å². The SMILES string of the molecule is CC(C)CC(NC(=O)c1csc(-c2cccs2)n1)C(=O)O. The Morgan fingerprint density at radius 2 is 2.14 bits per heavy atom. The van der Waals surface area contributed by atoms with Crippen LogP contribution in [-0.2, 0) is 4.79 Å². The van der Waals surface area contributed by atoms with E-state index in [2.05, 4.69) is 10.3 Å². The number of carbonyl (C=O) groups excluding carboxylic acids is 1. The lowest BCUT2D eigenvalue weighted by atomic mass is 10.0. The van der Waals surface area contributed by atoms with E-state index in [1.165, 1.54) is 11.3 Å². The van der Waals surface area contributed by atoms with Crippen LogP contribution < -0.4 is 5.32 Å². The number of hydrogen-bond donors (Lipinski definition) is 2. The average Bonchev–Trinajstić information content (AvgIpc) is 3.08. The minimum Gasteiger partial charge on any atom is -0.480 e. The summed E-state index contributed by atoms with van der Waals surface area (Å²) in [5.74, 6) is -1.28. The Bertz CT molecular complexity index is 620. The van der Waals surface area contributed by atoms with E-state index in [-0.39, 0.29) is 11.6 Å². The van der Waals surface area contributed by atoms with E-state index in [0.717, 1.165) is 9.88 Å². The maximum Gasteiger partial charge on any atom is 0.326 e. The first-order valence-electron chi connectivity index (χ1n) is 6.50. The molecule has 0 fully saturated rings. The third kappa shape index (κ3) is 4.12. The van der Waals surface area contributed by atoms with E-state index < -0.39 is 17.9 Å². The van der Waals surface area contributed by atoms with Crippen molar-refractivity contribution in [2.45, 2.75) is 26.3 Å². The van der Waals surface area contributed by atoms with Gasteiger partial charge in [-0.15, -0.1) is 22.7 Å². The standard InChI is InChI=1S/C14H16N2O3S2/c1-8(2)6-9(14(18)19)15-12(17)10-7-21-13(16-10)11-4-3-5-20-11/h3-5,7-9H,6H2,1-2H3,(H,15,17)(H,18,19). The topological polar surface area (TPSA) is 79.3 Å². The molecule has 0 aliphatic carbocycles. The Morgan fingerprint density at radius 1 is 1.38 bits per heavy atom. The summed E-state index contributed by atoms with van der Waals surface area (Å²) in [6.07, 6.45) is 0.392. The van der Waals surface area contributed by atoms with Crippen LogP contribution >= 0.6 is 22.7 Å². The van der Waals surface area contributed by atoms with Gasteiger partial charge in [0.2, 0.25) is 0 Å². The summed E-state index contributed by atoms with van der Waals surface area (Å²) in [6, 6.07) is 2.97. The van der Waals surface area contributed by atoms with E-state index >= 15 is 0 Å². The highest BCUT2D eigenvalue weighted by molar-refractivity contribution is 7.20. The Kier molecular flexibility index (Phi) is 5.08. The van der Waals surface area contributed by atoms with Crippen LogP contribution in [0.3, 0.4) is 0 Å². The molecule has 0 spiro atoms. The molecule has 0 aliphatic rings. The van der Waals surface area contributed by atoms with Gasteiger partial charge in [0.25, 0.3) is 5.91 Å². The molecule has 21 heavy (non-hydrogen) atoms. The predicted octanol–water partition coefficient (Wildman–Crippen LogP) is 3.10. The van der Waals surface area contributed by atoms with Gasteiger partial charge in [-0.05, 0) is 23.8 Å². The summed E-state index contributed by atoms with van der Waals surface area (Å²) in [5.41, 5.74) is 0.262. The average molecular weight is 324 g/mol. The van der Waals surface area contributed by atoms with Crippen molar-refractivity contribution < 1.29 is 14.7 Å². The van der Waals surface area contributed by atoms with Gasteiger partial charge in [0.15, 0.2) is 0 Å². The summed E-state index contributed by atoms with van der Waals surface area (Å²) in [4.78, 5) is 28.5. The van der Waals surface area contributed by atoms with E-state index in [0.29, 0.717) is 6.42 Å². The molecule has 7 heteroatoms. The highest BCUT2D eigenvalue weighted by atomic mass is 32.1. The van der Waals surface area contributed by atoms with Crippen LogP contribution in [0.15, 0.2) is 22.9 Å². The fraction of sp³-hybridized carbons (Fsp3) is 0.357. The van der Waals surface area contributed by atoms with Crippen LogP contribution in [0.5, 0.6) is 0 Å². The molecule has 1 atom stereocenters. The van der Waals surface area contributed by atoms with Crippen LogP contribution in [0.1, 0.15) is 30.8 Å². The maximum absolute atomic E-state index is 12.1. The minimum atomic E-state index is -1.02. The Morgan fingerprint density at radius 3 is 2.71 bits per heavy atom. The molecule has 2 heterocycles. The molecule has 2 aromatic rings. The molecular weight excluding hydrogens is 308 g/mol. The van der Waals surface area contributed by atoms with Crippen LogP contribution in [0.25, 0.3) is 9.88 Å². The zero-order chi connectivity index (χ0) is 15.4. The van der Waals surface area contributed by atoms with Crippen molar-refractivity contribution in [3.63, 3.8) is 0 Å². The second-order valence-electron chi connectivity index (χ2n) is 5.01. The lowest BCUT2D eigenvalue weighted by Gasteiger charge is -2.15. The fourth-order valence-electron chi connectivity index (χ4n) is 1.82. The van der Waals surface area contributed by atoms with Crippen LogP contribution in [0.4, 0.5) is 0 Å². The maximum atomic E-state index is 12.1. The van der Waals surface area contributed by atoms with Crippen molar-refractivity contribution in [1.29, 1.82) is 0 Å². The van der Waals surface area contributed by atoms with Crippen molar-refractivity contribution in [1.82, 2.24) is 10.3 Å². The summed E-state index contributed by atoms with van der Waals surface area (Å²) >= 11 is 2.93. The summed E-state index contributed by atoms with van der Waals surface area (Å²) in [6.45, 7) is 3.83. The number of thiophene rings is 1. The molecule has 0 saturated heterocycles. The fourth-order valence-corrected chi connectivity index (χ4v) is 3.43. The van der Waals surface area contributed by atoms with E-state index in [9.17, 15) is 9.59 Å². The molecule has 1 amide bonds. The zero-order valence-electron chi connectivity index (χ0n) is 11.7. The van der Waals surface area contributed by atoms with Gasteiger partial charge >= 0.3 is 5.97 Å². The van der Waals surface area contributed by atoms with Gasteiger partial charge in [0.1, 0.15) is 16.7 Å². The molecule has 0 aromatic carbocycles. The number of rotatable bonds is 6. The first-order valence-corrected chi connectivity index (χ1v) is 8.26. The first-order chi connectivity index (χ1) is 9.97. The number of aromatic nitrogens is 1. The molecule has 2 aromatic heterocycles. The highest BCUT2D eigenvalue weighted by Gasteiger charge is 2.23. The normalized spacial score (nSPS) is 12.3. The van der Waals surface area contributed by atoms with Crippen molar-refractivity contribution in [2.75, 3.05) is 0 Å². The van der Waals surface area contributed by atoms with Crippen LogP contribution in [0.2, 0.25) is 0 Å². The number of carbonyl (C=O) groups is 2. The number of carboxylic acids is 1. The van der Waals surface area contributed by atoms with E-state index in [1.807, 2.05) is 31.4 Å². The second-order valence-corrected chi connectivity index (χ2v) is 6.81. The van der Waals surface area contributed by atoms with Crippen molar-refractivity contribution in [3.05, 3.63) is 28.6 Å². The molecular formula is C14H16N2O3S2. The quantitative estimate of drug-likeness (QED) is 0.856. The zero-order valence-corrected chi connectivity index (χ0v) is 13.3. The van der Waals surface area contributed by atoms with Gasteiger partial charge in [0.05, 0.1) is 4.88 Å². The number of aliphatic carboxylic acids is 1. The van der Waals surface area contributed by atoms with Gasteiger partial charge in [-0.1, -0.05) is 19.9 Å².